The standard InChI is InChI=1S/C6H9BrFNO/c7-2-6(10)5-1-4(8)3-9-5/h4-5,9H,1-3H2/t4-,5-/m0/s1. The van der Waals surface area contributed by atoms with Gasteiger partial charge in [-0.25, -0.2) is 4.39 Å². The molecule has 2 atom stereocenters. The van der Waals surface area contributed by atoms with Crippen LogP contribution in [0.15, 0.2) is 0 Å². The van der Waals surface area contributed by atoms with Gasteiger partial charge in [0.2, 0.25) is 0 Å². The summed E-state index contributed by atoms with van der Waals surface area (Å²) in [5, 5.41) is 3.12. The van der Waals surface area contributed by atoms with Crippen molar-refractivity contribution in [1.82, 2.24) is 5.32 Å². The van der Waals surface area contributed by atoms with E-state index < -0.39 is 6.17 Å². The highest BCUT2D eigenvalue weighted by Gasteiger charge is 2.27. The van der Waals surface area contributed by atoms with Crippen LogP contribution >= 0.6 is 15.9 Å². The van der Waals surface area contributed by atoms with Gasteiger partial charge in [0.25, 0.3) is 0 Å². The van der Waals surface area contributed by atoms with Crippen molar-refractivity contribution >= 4 is 21.7 Å². The summed E-state index contributed by atoms with van der Waals surface area (Å²) in [5.74, 6) is 0.0418. The van der Waals surface area contributed by atoms with Crippen molar-refractivity contribution in [3.8, 4) is 0 Å². The van der Waals surface area contributed by atoms with Crippen LogP contribution in [0.4, 0.5) is 4.39 Å². The smallest absolute Gasteiger partial charge is 0.160 e. The Kier molecular flexibility index (Phi) is 2.80. The quantitative estimate of drug-likeness (QED) is 0.678. The van der Waals surface area contributed by atoms with Crippen LogP contribution in [0.1, 0.15) is 6.42 Å². The third kappa shape index (κ3) is 1.76. The monoisotopic (exact) mass is 209 g/mol. The number of ketones is 1. The van der Waals surface area contributed by atoms with Crippen LogP contribution < -0.4 is 5.32 Å². The Balaban J connectivity index is 2.37. The first-order chi connectivity index (χ1) is 4.74. The highest BCUT2D eigenvalue weighted by molar-refractivity contribution is 9.09. The fourth-order valence-electron chi connectivity index (χ4n) is 1.03. The molecular formula is C6H9BrFNO. The van der Waals surface area contributed by atoms with Gasteiger partial charge < -0.3 is 5.32 Å². The number of alkyl halides is 2. The van der Waals surface area contributed by atoms with Gasteiger partial charge in [-0.05, 0) is 0 Å². The lowest BCUT2D eigenvalue weighted by Crippen LogP contribution is -2.31. The largest absolute Gasteiger partial charge is 0.304 e. The third-order valence-corrected chi connectivity index (χ3v) is 2.15. The Morgan fingerprint density at radius 2 is 2.50 bits per heavy atom. The highest BCUT2D eigenvalue weighted by atomic mass is 79.9. The fourth-order valence-corrected chi connectivity index (χ4v) is 1.42. The first-order valence-electron chi connectivity index (χ1n) is 3.20. The molecule has 1 aliphatic rings. The Morgan fingerprint density at radius 1 is 1.80 bits per heavy atom. The lowest BCUT2D eigenvalue weighted by molar-refractivity contribution is -0.118. The van der Waals surface area contributed by atoms with Gasteiger partial charge in [-0.1, -0.05) is 15.9 Å². The number of hydrogen-bond acceptors (Lipinski definition) is 2. The molecule has 0 aromatic rings. The number of rotatable bonds is 2. The second-order valence-corrected chi connectivity index (χ2v) is 2.95. The molecule has 0 spiro atoms. The van der Waals surface area contributed by atoms with Crippen molar-refractivity contribution in [2.75, 3.05) is 11.9 Å². The van der Waals surface area contributed by atoms with Crippen molar-refractivity contribution < 1.29 is 9.18 Å². The van der Waals surface area contributed by atoms with Crippen LogP contribution in [0.5, 0.6) is 0 Å². The average molecular weight is 210 g/mol. The molecule has 0 aromatic carbocycles. The van der Waals surface area contributed by atoms with Crippen LogP contribution in [0.2, 0.25) is 0 Å². The predicted octanol–water partition coefficient (Wildman–Crippen LogP) is 0.650. The van der Waals surface area contributed by atoms with Crippen molar-refractivity contribution in [2.45, 2.75) is 18.6 Å². The number of nitrogens with one attached hydrogen (secondary N) is 1. The summed E-state index contributed by atoms with van der Waals surface area (Å²) < 4.78 is 12.4. The molecule has 0 amide bonds. The summed E-state index contributed by atoms with van der Waals surface area (Å²) in [4.78, 5) is 10.9. The summed E-state index contributed by atoms with van der Waals surface area (Å²) in [7, 11) is 0. The Morgan fingerprint density at radius 3 is 2.90 bits per heavy atom. The second kappa shape index (κ2) is 3.44. The molecule has 1 fully saturated rings. The third-order valence-electron chi connectivity index (χ3n) is 1.60. The first kappa shape index (κ1) is 8.14. The van der Waals surface area contributed by atoms with Gasteiger partial charge >= 0.3 is 0 Å². The van der Waals surface area contributed by atoms with Crippen molar-refractivity contribution in [3.05, 3.63) is 0 Å². The zero-order valence-corrected chi connectivity index (χ0v) is 7.03. The summed E-state index contributed by atoms with van der Waals surface area (Å²) >= 11 is 3.03. The van der Waals surface area contributed by atoms with Gasteiger partial charge in [-0.3, -0.25) is 4.79 Å². The molecule has 0 aromatic heterocycles. The molecule has 0 aliphatic carbocycles. The summed E-state index contributed by atoms with van der Waals surface area (Å²) in [6, 6.07) is -0.255. The van der Waals surface area contributed by atoms with E-state index in [0.717, 1.165) is 0 Å². The molecule has 4 heteroatoms. The molecule has 0 unspecified atom stereocenters. The van der Waals surface area contributed by atoms with E-state index in [-0.39, 0.29) is 11.8 Å². The second-order valence-electron chi connectivity index (χ2n) is 2.39. The molecule has 1 heterocycles. The molecule has 10 heavy (non-hydrogen) atoms. The molecule has 1 saturated heterocycles. The van der Waals surface area contributed by atoms with Crippen molar-refractivity contribution in [1.29, 1.82) is 0 Å². The van der Waals surface area contributed by atoms with E-state index in [2.05, 4.69) is 21.2 Å². The van der Waals surface area contributed by atoms with E-state index in [1.165, 1.54) is 0 Å². The number of Topliss-reactive ketones (excluding diaryl/α,β-unsaturated/α-hetero) is 1. The molecule has 2 nitrogen and oxygen atoms in total. The molecule has 0 saturated carbocycles. The number of carbonyl (C=O) groups excluding carboxylic acids is 1. The topological polar surface area (TPSA) is 29.1 Å². The summed E-state index contributed by atoms with van der Waals surface area (Å²) in [6.07, 6.45) is -0.502. The van der Waals surface area contributed by atoms with E-state index in [9.17, 15) is 9.18 Å². The Bertz CT molecular complexity index is 142. The van der Waals surface area contributed by atoms with E-state index in [1.54, 1.807) is 0 Å². The lowest BCUT2D eigenvalue weighted by atomic mass is 10.1. The lowest BCUT2D eigenvalue weighted by Gasteiger charge is -2.03. The minimum absolute atomic E-state index is 0.0418. The maximum atomic E-state index is 12.4. The molecule has 1 aliphatic heterocycles. The van der Waals surface area contributed by atoms with Gasteiger partial charge in [0, 0.05) is 13.0 Å². The highest BCUT2D eigenvalue weighted by Crippen LogP contribution is 2.11. The fraction of sp³-hybridized carbons (Fsp3) is 0.833. The van der Waals surface area contributed by atoms with Crippen LogP contribution in [0.3, 0.4) is 0 Å². The van der Waals surface area contributed by atoms with Gasteiger partial charge in [0.15, 0.2) is 5.78 Å². The van der Waals surface area contributed by atoms with Crippen LogP contribution in [0, 0.1) is 0 Å². The van der Waals surface area contributed by atoms with Crippen LogP contribution in [-0.4, -0.2) is 29.9 Å². The Labute approximate surface area is 67.3 Å². The van der Waals surface area contributed by atoms with E-state index in [0.29, 0.717) is 18.3 Å². The SMILES string of the molecule is O=C(CBr)[C@@H]1C[C@H](F)CN1. The Hall–Kier alpha value is 0.0400. The number of carbonyl (C=O) groups is 1. The van der Waals surface area contributed by atoms with Gasteiger partial charge in [-0.2, -0.15) is 0 Å². The minimum atomic E-state index is -0.840. The molecule has 0 bridgehead atoms. The molecule has 58 valence electrons. The molecular weight excluding hydrogens is 201 g/mol. The van der Waals surface area contributed by atoms with Crippen LogP contribution in [-0.2, 0) is 4.79 Å². The molecule has 1 rings (SSSR count). The van der Waals surface area contributed by atoms with Gasteiger partial charge in [0.05, 0.1) is 11.4 Å². The maximum absolute atomic E-state index is 12.4. The van der Waals surface area contributed by atoms with E-state index in [1.807, 2.05) is 0 Å². The van der Waals surface area contributed by atoms with Crippen molar-refractivity contribution in [3.63, 3.8) is 0 Å². The van der Waals surface area contributed by atoms with E-state index in [4.69, 9.17) is 0 Å². The average Bonchev–Trinajstić information content (AvgIpc) is 2.34. The van der Waals surface area contributed by atoms with Gasteiger partial charge in [0.1, 0.15) is 6.17 Å². The van der Waals surface area contributed by atoms with E-state index >= 15 is 0 Å². The molecule has 0 radical (unpaired) electrons. The number of halogens is 2. The van der Waals surface area contributed by atoms with Crippen molar-refractivity contribution in [2.24, 2.45) is 0 Å². The predicted molar refractivity (Wildman–Crippen MR) is 40.1 cm³/mol. The maximum Gasteiger partial charge on any atom is 0.160 e. The van der Waals surface area contributed by atoms with Crippen LogP contribution in [0.25, 0.3) is 0 Å². The summed E-state index contributed by atoms with van der Waals surface area (Å²) in [6.45, 7) is 0.323. The zero-order valence-electron chi connectivity index (χ0n) is 5.44. The minimum Gasteiger partial charge on any atom is -0.304 e. The number of hydrogen-bond donors (Lipinski definition) is 1. The van der Waals surface area contributed by atoms with Gasteiger partial charge in [-0.15, -0.1) is 0 Å². The molecule has 1 N–H and O–H groups in total. The summed E-state index contributed by atoms with van der Waals surface area (Å²) in [5.41, 5.74) is 0. The zero-order chi connectivity index (χ0) is 7.56. The normalized spacial score (nSPS) is 32.6. The first-order valence-corrected chi connectivity index (χ1v) is 4.32.